The zero-order valence-electron chi connectivity index (χ0n) is 9.53. The molecule has 18 heavy (non-hydrogen) atoms. The first-order valence-electron chi connectivity index (χ1n) is 5.16. The molecule has 1 aromatic carbocycles. The second-order valence-electron chi connectivity index (χ2n) is 3.70. The largest absolute Gasteiger partial charge is 0.469 e. The molecule has 0 aliphatic heterocycles. The zero-order chi connectivity index (χ0) is 13.1. The Kier molecular flexibility index (Phi) is 3.49. The van der Waals surface area contributed by atoms with Crippen LogP contribution in [0.1, 0.15) is 21.7 Å². The molecule has 0 radical (unpaired) electrons. The summed E-state index contributed by atoms with van der Waals surface area (Å²) in [4.78, 5) is 11.9. The van der Waals surface area contributed by atoms with Gasteiger partial charge in [0.15, 0.2) is 0 Å². The average Bonchev–Trinajstić information content (AvgIpc) is 2.78. The molecule has 0 saturated heterocycles. The number of amides is 1. The van der Waals surface area contributed by atoms with E-state index in [2.05, 4.69) is 21.2 Å². The van der Waals surface area contributed by atoms with Gasteiger partial charge in [-0.3, -0.25) is 4.79 Å². The van der Waals surface area contributed by atoms with Gasteiger partial charge in [0.05, 0.1) is 16.8 Å². The van der Waals surface area contributed by atoms with E-state index in [9.17, 15) is 4.79 Å². The Morgan fingerprint density at radius 1 is 1.44 bits per heavy atom. The molecule has 2 aromatic rings. The van der Waals surface area contributed by atoms with E-state index in [1.165, 1.54) is 6.26 Å². The van der Waals surface area contributed by atoms with Gasteiger partial charge in [-0.1, -0.05) is 15.9 Å². The van der Waals surface area contributed by atoms with Crippen LogP contribution >= 0.6 is 15.9 Å². The molecule has 1 heterocycles. The molecule has 0 atom stereocenters. The molecule has 2 rings (SSSR count). The lowest BCUT2D eigenvalue weighted by atomic mass is 10.2. The summed E-state index contributed by atoms with van der Waals surface area (Å²) in [5.74, 6) is 0.363. The summed E-state index contributed by atoms with van der Waals surface area (Å²) in [7, 11) is 0. The summed E-state index contributed by atoms with van der Waals surface area (Å²) < 4.78 is 5.85. The number of nitriles is 1. The summed E-state index contributed by atoms with van der Waals surface area (Å²) in [5.41, 5.74) is 1.31. The van der Waals surface area contributed by atoms with Crippen molar-refractivity contribution >= 4 is 27.5 Å². The third-order valence-corrected chi connectivity index (χ3v) is 2.84. The van der Waals surface area contributed by atoms with Gasteiger partial charge >= 0.3 is 0 Å². The molecule has 1 aromatic heterocycles. The first-order valence-corrected chi connectivity index (χ1v) is 5.95. The fraction of sp³-hybridized carbons (Fsp3) is 0.0769. The van der Waals surface area contributed by atoms with Crippen molar-refractivity contribution in [3.05, 3.63) is 51.9 Å². The summed E-state index contributed by atoms with van der Waals surface area (Å²) in [6, 6.07) is 8.75. The lowest BCUT2D eigenvalue weighted by Gasteiger charge is -2.05. The van der Waals surface area contributed by atoms with Crippen LogP contribution in [-0.2, 0) is 0 Å². The molecule has 0 bridgehead atoms. The van der Waals surface area contributed by atoms with Crippen molar-refractivity contribution in [2.45, 2.75) is 6.92 Å². The van der Waals surface area contributed by atoms with Crippen molar-refractivity contribution < 1.29 is 9.21 Å². The van der Waals surface area contributed by atoms with Crippen LogP contribution in [-0.4, -0.2) is 5.91 Å². The van der Waals surface area contributed by atoms with Crippen LogP contribution in [0.25, 0.3) is 0 Å². The number of benzene rings is 1. The molecule has 1 N–H and O–H groups in total. The second kappa shape index (κ2) is 5.07. The molecule has 0 aliphatic rings. The third-order valence-electron chi connectivity index (χ3n) is 2.34. The number of anilines is 1. The van der Waals surface area contributed by atoms with Gasteiger partial charge in [0, 0.05) is 4.47 Å². The van der Waals surface area contributed by atoms with E-state index >= 15 is 0 Å². The van der Waals surface area contributed by atoms with Crippen LogP contribution in [0.2, 0.25) is 0 Å². The third kappa shape index (κ3) is 2.60. The predicted octanol–water partition coefficient (Wildman–Crippen LogP) is 3.47. The fourth-order valence-electron chi connectivity index (χ4n) is 1.47. The van der Waals surface area contributed by atoms with Crippen molar-refractivity contribution in [1.29, 1.82) is 5.26 Å². The monoisotopic (exact) mass is 304 g/mol. The SMILES string of the molecule is Cc1cc(C(=O)Nc2ccc(Br)cc2C#N)co1. The van der Waals surface area contributed by atoms with E-state index in [0.29, 0.717) is 22.6 Å². The highest BCUT2D eigenvalue weighted by molar-refractivity contribution is 9.10. The highest BCUT2D eigenvalue weighted by Gasteiger charge is 2.11. The standard InChI is InChI=1S/C13H9BrN2O2/c1-8-4-10(7-18-8)13(17)16-12-3-2-11(14)5-9(12)6-15/h2-5,7H,1H3,(H,16,17). The number of hydrogen-bond donors (Lipinski definition) is 1. The predicted molar refractivity (Wildman–Crippen MR) is 70.3 cm³/mol. The summed E-state index contributed by atoms with van der Waals surface area (Å²) in [5, 5.41) is 11.7. The number of nitrogens with one attached hydrogen (secondary N) is 1. The Bertz CT molecular complexity index is 641. The Balaban J connectivity index is 2.25. The van der Waals surface area contributed by atoms with Gasteiger partial charge in [0.1, 0.15) is 18.1 Å². The van der Waals surface area contributed by atoms with E-state index in [-0.39, 0.29) is 5.91 Å². The number of halogens is 1. The summed E-state index contributed by atoms with van der Waals surface area (Å²) in [6.07, 6.45) is 1.38. The van der Waals surface area contributed by atoms with Gasteiger partial charge < -0.3 is 9.73 Å². The van der Waals surface area contributed by atoms with Crippen LogP contribution in [0.15, 0.2) is 39.4 Å². The highest BCUT2D eigenvalue weighted by atomic mass is 79.9. The quantitative estimate of drug-likeness (QED) is 0.923. The van der Waals surface area contributed by atoms with E-state index in [4.69, 9.17) is 9.68 Å². The first kappa shape index (κ1) is 12.4. The number of carbonyl (C=O) groups is 1. The lowest BCUT2D eigenvalue weighted by molar-refractivity contribution is 0.102. The van der Waals surface area contributed by atoms with Gasteiger partial charge in [-0.05, 0) is 31.2 Å². The minimum absolute atomic E-state index is 0.300. The van der Waals surface area contributed by atoms with E-state index in [1.54, 1.807) is 31.2 Å². The maximum atomic E-state index is 11.9. The number of carbonyl (C=O) groups excluding carboxylic acids is 1. The van der Waals surface area contributed by atoms with Gasteiger partial charge in [0.25, 0.3) is 5.91 Å². The number of aryl methyl sites for hydroxylation is 1. The molecule has 4 nitrogen and oxygen atoms in total. The summed E-state index contributed by atoms with van der Waals surface area (Å²) in [6.45, 7) is 1.76. The molecule has 0 spiro atoms. The molecule has 90 valence electrons. The maximum absolute atomic E-state index is 11.9. The molecular formula is C13H9BrN2O2. The lowest BCUT2D eigenvalue weighted by Crippen LogP contribution is -2.11. The van der Waals surface area contributed by atoms with Gasteiger partial charge in [-0.2, -0.15) is 5.26 Å². The number of nitrogens with zero attached hydrogens (tertiary/aromatic N) is 1. The number of furan rings is 1. The molecule has 0 unspecified atom stereocenters. The molecule has 0 saturated carbocycles. The minimum atomic E-state index is -0.300. The molecular weight excluding hydrogens is 296 g/mol. The summed E-state index contributed by atoms with van der Waals surface area (Å²) >= 11 is 3.27. The highest BCUT2D eigenvalue weighted by Crippen LogP contribution is 2.21. The van der Waals surface area contributed by atoms with Crippen LogP contribution in [0, 0.1) is 18.3 Å². The van der Waals surface area contributed by atoms with E-state index in [1.807, 2.05) is 6.07 Å². The Hall–Kier alpha value is -2.06. The molecule has 5 heteroatoms. The topological polar surface area (TPSA) is 66.0 Å². The van der Waals surface area contributed by atoms with Crippen molar-refractivity contribution in [1.82, 2.24) is 0 Å². The second-order valence-corrected chi connectivity index (χ2v) is 4.62. The van der Waals surface area contributed by atoms with Crippen LogP contribution in [0.4, 0.5) is 5.69 Å². The van der Waals surface area contributed by atoms with Gasteiger partial charge in [-0.15, -0.1) is 0 Å². The van der Waals surface area contributed by atoms with E-state index in [0.717, 1.165) is 4.47 Å². The van der Waals surface area contributed by atoms with Crippen molar-refractivity contribution in [3.63, 3.8) is 0 Å². The average molecular weight is 305 g/mol. The van der Waals surface area contributed by atoms with Crippen LogP contribution < -0.4 is 5.32 Å². The number of hydrogen-bond acceptors (Lipinski definition) is 3. The zero-order valence-corrected chi connectivity index (χ0v) is 11.1. The maximum Gasteiger partial charge on any atom is 0.258 e. The van der Waals surface area contributed by atoms with Gasteiger partial charge in [-0.25, -0.2) is 0 Å². The Morgan fingerprint density at radius 2 is 2.22 bits per heavy atom. The van der Waals surface area contributed by atoms with Crippen LogP contribution in [0.5, 0.6) is 0 Å². The van der Waals surface area contributed by atoms with E-state index < -0.39 is 0 Å². The number of rotatable bonds is 2. The first-order chi connectivity index (χ1) is 8.60. The Labute approximate surface area is 112 Å². The van der Waals surface area contributed by atoms with Crippen molar-refractivity contribution in [2.75, 3.05) is 5.32 Å². The Morgan fingerprint density at radius 3 is 2.83 bits per heavy atom. The molecule has 1 amide bonds. The molecule has 0 aliphatic carbocycles. The minimum Gasteiger partial charge on any atom is -0.469 e. The van der Waals surface area contributed by atoms with Gasteiger partial charge in [0.2, 0.25) is 0 Å². The molecule has 0 fully saturated rings. The van der Waals surface area contributed by atoms with Crippen LogP contribution in [0.3, 0.4) is 0 Å². The van der Waals surface area contributed by atoms with Crippen molar-refractivity contribution in [3.8, 4) is 6.07 Å². The normalized spacial score (nSPS) is 9.83. The smallest absolute Gasteiger partial charge is 0.258 e. The van der Waals surface area contributed by atoms with Crippen molar-refractivity contribution in [2.24, 2.45) is 0 Å². The fourth-order valence-corrected chi connectivity index (χ4v) is 1.84.